The van der Waals surface area contributed by atoms with Crippen molar-refractivity contribution in [2.45, 2.75) is 19.9 Å². The molecule has 0 spiro atoms. The molecule has 3 aromatic rings. The first kappa shape index (κ1) is 17.2. The van der Waals surface area contributed by atoms with Gasteiger partial charge in [0.1, 0.15) is 4.83 Å². The van der Waals surface area contributed by atoms with E-state index in [1.807, 2.05) is 35.9 Å². The van der Waals surface area contributed by atoms with Crippen LogP contribution in [0.2, 0.25) is 0 Å². The van der Waals surface area contributed by atoms with Crippen LogP contribution in [0, 0.1) is 6.92 Å². The third-order valence-electron chi connectivity index (χ3n) is 3.85. The minimum atomic E-state index is -0.342. The van der Waals surface area contributed by atoms with Crippen LogP contribution in [-0.4, -0.2) is 35.3 Å². The number of esters is 1. The monoisotopic (exact) mass is 357 g/mol. The fourth-order valence-electron chi connectivity index (χ4n) is 2.56. The number of thiophene rings is 1. The summed E-state index contributed by atoms with van der Waals surface area (Å²) in [6, 6.07) is 11.9. The van der Waals surface area contributed by atoms with Gasteiger partial charge < -0.3 is 10.1 Å². The van der Waals surface area contributed by atoms with Crippen molar-refractivity contribution in [2.75, 3.05) is 13.7 Å². The van der Waals surface area contributed by atoms with Gasteiger partial charge in [0.25, 0.3) is 5.91 Å². The van der Waals surface area contributed by atoms with E-state index in [1.54, 1.807) is 0 Å². The molecule has 3 rings (SSSR count). The molecule has 0 aliphatic heterocycles. The van der Waals surface area contributed by atoms with E-state index in [0.717, 1.165) is 21.5 Å². The second-order valence-corrected chi connectivity index (χ2v) is 6.67. The SMILES string of the molecule is COC(=O)CCNC(=O)c1cc2c(C)nn(Cc3ccccc3)c2s1. The summed E-state index contributed by atoms with van der Waals surface area (Å²) in [6.45, 7) is 2.86. The summed E-state index contributed by atoms with van der Waals surface area (Å²) in [6.07, 6.45) is 0.161. The molecule has 0 radical (unpaired) electrons. The quantitative estimate of drug-likeness (QED) is 0.689. The van der Waals surface area contributed by atoms with Crippen molar-refractivity contribution in [3.8, 4) is 0 Å². The van der Waals surface area contributed by atoms with Crippen LogP contribution in [-0.2, 0) is 16.1 Å². The number of aromatic nitrogens is 2. The maximum absolute atomic E-state index is 12.3. The van der Waals surface area contributed by atoms with Gasteiger partial charge in [-0.15, -0.1) is 11.3 Å². The molecule has 0 fully saturated rings. The fraction of sp³-hybridized carbons (Fsp3) is 0.278. The number of hydrogen-bond donors (Lipinski definition) is 1. The smallest absolute Gasteiger partial charge is 0.307 e. The van der Waals surface area contributed by atoms with Crippen LogP contribution in [0.15, 0.2) is 36.4 Å². The predicted molar refractivity (Wildman–Crippen MR) is 96.9 cm³/mol. The number of carbonyl (C=O) groups excluding carboxylic acids is 2. The number of nitrogens with one attached hydrogen (secondary N) is 1. The average Bonchev–Trinajstić information content (AvgIpc) is 3.17. The number of nitrogens with zero attached hydrogens (tertiary/aromatic N) is 2. The summed E-state index contributed by atoms with van der Waals surface area (Å²) in [5.41, 5.74) is 2.06. The molecule has 25 heavy (non-hydrogen) atoms. The van der Waals surface area contributed by atoms with Crippen molar-refractivity contribution >= 4 is 33.4 Å². The van der Waals surface area contributed by atoms with E-state index in [1.165, 1.54) is 18.4 Å². The van der Waals surface area contributed by atoms with E-state index in [-0.39, 0.29) is 24.8 Å². The third kappa shape index (κ3) is 3.88. The van der Waals surface area contributed by atoms with E-state index >= 15 is 0 Å². The zero-order valence-corrected chi connectivity index (χ0v) is 14.9. The van der Waals surface area contributed by atoms with E-state index in [9.17, 15) is 9.59 Å². The molecule has 0 aliphatic rings. The number of ether oxygens (including phenoxy) is 1. The van der Waals surface area contributed by atoms with Crippen molar-refractivity contribution in [2.24, 2.45) is 0 Å². The number of rotatable bonds is 6. The second kappa shape index (κ2) is 7.48. The van der Waals surface area contributed by atoms with Gasteiger partial charge in [-0.1, -0.05) is 30.3 Å². The molecule has 0 bridgehead atoms. The Hall–Kier alpha value is -2.67. The topological polar surface area (TPSA) is 73.2 Å². The summed E-state index contributed by atoms with van der Waals surface area (Å²) in [4.78, 5) is 25.0. The van der Waals surface area contributed by atoms with Crippen LogP contribution < -0.4 is 5.32 Å². The number of benzene rings is 1. The van der Waals surface area contributed by atoms with Crippen LogP contribution in [0.4, 0.5) is 0 Å². The number of carbonyl (C=O) groups is 2. The van der Waals surface area contributed by atoms with Gasteiger partial charge in [0.2, 0.25) is 0 Å². The Labute approximate surface area is 149 Å². The van der Waals surface area contributed by atoms with Crippen molar-refractivity contribution in [3.63, 3.8) is 0 Å². The molecular weight excluding hydrogens is 338 g/mol. The zero-order valence-electron chi connectivity index (χ0n) is 14.1. The van der Waals surface area contributed by atoms with Crippen LogP contribution in [0.1, 0.15) is 27.3 Å². The molecule has 1 aromatic carbocycles. The highest BCUT2D eigenvalue weighted by atomic mass is 32.1. The lowest BCUT2D eigenvalue weighted by atomic mass is 10.2. The summed E-state index contributed by atoms with van der Waals surface area (Å²) >= 11 is 1.41. The fourth-order valence-corrected chi connectivity index (χ4v) is 3.63. The van der Waals surface area contributed by atoms with Crippen LogP contribution in [0.3, 0.4) is 0 Å². The van der Waals surface area contributed by atoms with Crippen molar-refractivity contribution in [3.05, 3.63) is 52.5 Å². The molecule has 1 N–H and O–H groups in total. The van der Waals surface area contributed by atoms with Gasteiger partial charge in [0.05, 0.1) is 30.6 Å². The Morgan fingerprint density at radius 3 is 2.76 bits per heavy atom. The van der Waals surface area contributed by atoms with E-state index < -0.39 is 0 Å². The Bertz CT molecular complexity index is 899. The lowest BCUT2D eigenvalue weighted by molar-refractivity contribution is -0.140. The average molecular weight is 357 g/mol. The van der Waals surface area contributed by atoms with Gasteiger partial charge in [-0.2, -0.15) is 5.10 Å². The maximum Gasteiger partial charge on any atom is 0.307 e. The first-order chi connectivity index (χ1) is 12.1. The number of methoxy groups -OCH3 is 1. The van der Waals surface area contributed by atoms with E-state index in [4.69, 9.17) is 0 Å². The summed E-state index contributed by atoms with van der Waals surface area (Å²) < 4.78 is 6.49. The number of aryl methyl sites for hydroxylation is 1. The highest BCUT2D eigenvalue weighted by Gasteiger charge is 2.16. The van der Waals surface area contributed by atoms with Crippen molar-refractivity contribution in [1.29, 1.82) is 0 Å². The number of amides is 1. The largest absolute Gasteiger partial charge is 0.469 e. The van der Waals surface area contributed by atoms with E-state index in [2.05, 4.69) is 27.3 Å². The highest BCUT2D eigenvalue weighted by Crippen LogP contribution is 2.28. The molecule has 1 amide bonds. The molecule has 0 aliphatic carbocycles. The molecule has 6 nitrogen and oxygen atoms in total. The van der Waals surface area contributed by atoms with Gasteiger partial charge in [0.15, 0.2) is 0 Å². The minimum absolute atomic E-state index is 0.161. The van der Waals surface area contributed by atoms with E-state index in [0.29, 0.717) is 11.4 Å². The standard InChI is InChI=1S/C18H19N3O3S/c1-12-14-10-15(17(23)19-9-8-16(22)24-2)25-18(14)21(20-12)11-13-6-4-3-5-7-13/h3-7,10H,8-9,11H2,1-2H3,(H,19,23). The molecular formula is C18H19N3O3S. The molecule has 0 saturated heterocycles. The zero-order chi connectivity index (χ0) is 17.8. The summed E-state index contributed by atoms with van der Waals surface area (Å²) in [5.74, 6) is -0.526. The minimum Gasteiger partial charge on any atom is -0.469 e. The van der Waals surface area contributed by atoms with Gasteiger partial charge in [-0.25, -0.2) is 0 Å². The number of hydrogen-bond acceptors (Lipinski definition) is 5. The second-order valence-electron chi connectivity index (χ2n) is 5.64. The normalized spacial score (nSPS) is 10.8. The van der Waals surface area contributed by atoms with Crippen LogP contribution >= 0.6 is 11.3 Å². The molecule has 130 valence electrons. The van der Waals surface area contributed by atoms with Gasteiger partial charge in [-0.05, 0) is 18.6 Å². The first-order valence-corrected chi connectivity index (χ1v) is 8.76. The molecule has 2 heterocycles. The highest BCUT2D eigenvalue weighted by molar-refractivity contribution is 7.20. The lowest BCUT2D eigenvalue weighted by Crippen LogP contribution is -2.25. The Morgan fingerprint density at radius 1 is 1.28 bits per heavy atom. The predicted octanol–water partition coefficient (Wildman–Crippen LogP) is 2.75. The third-order valence-corrected chi connectivity index (χ3v) is 5.00. The van der Waals surface area contributed by atoms with Gasteiger partial charge in [-0.3, -0.25) is 14.3 Å². The Balaban J connectivity index is 1.77. The molecule has 2 aromatic heterocycles. The molecule has 7 heteroatoms. The first-order valence-electron chi connectivity index (χ1n) is 7.94. The Kier molecular flexibility index (Phi) is 5.14. The number of fused-ring (bicyclic) bond motifs is 1. The van der Waals surface area contributed by atoms with Gasteiger partial charge >= 0.3 is 5.97 Å². The maximum atomic E-state index is 12.3. The Morgan fingerprint density at radius 2 is 2.04 bits per heavy atom. The lowest BCUT2D eigenvalue weighted by Gasteiger charge is -2.03. The summed E-state index contributed by atoms with van der Waals surface area (Å²) in [7, 11) is 1.33. The van der Waals surface area contributed by atoms with Crippen molar-refractivity contribution in [1.82, 2.24) is 15.1 Å². The van der Waals surface area contributed by atoms with Crippen LogP contribution in [0.5, 0.6) is 0 Å². The van der Waals surface area contributed by atoms with Crippen molar-refractivity contribution < 1.29 is 14.3 Å². The van der Waals surface area contributed by atoms with Crippen LogP contribution in [0.25, 0.3) is 10.2 Å². The molecule has 0 saturated carbocycles. The summed E-state index contributed by atoms with van der Waals surface area (Å²) in [5, 5.41) is 8.31. The molecule has 0 atom stereocenters. The van der Waals surface area contributed by atoms with Gasteiger partial charge in [0, 0.05) is 11.9 Å². The molecule has 0 unspecified atom stereocenters.